The SMILES string of the molecule is CCCCCCNC(=O)Nc1cccc(C#Cc2ccccc2)n1. The number of pyridine rings is 1. The van der Waals surface area contributed by atoms with Crippen molar-refractivity contribution in [2.24, 2.45) is 0 Å². The molecule has 0 bridgehead atoms. The highest BCUT2D eigenvalue weighted by Crippen LogP contribution is 2.05. The molecule has 24 heavy (non-hydrogen) atoms. The maximum Gasteiger partial charge on any atom is 0.320 e. The summed E-state index contributed by atoms with van der Waals surface area (Å²) in [6.45, 7) is 2.85. The van der Waals surface area contributed by atoms with Gasteiger partial charge in [0, 0.05) is 12.1 Å². The van der Waals surface area contributed by atoms with Crippen LogP contribution >= 0.6 is 0 Å². The van der Waals surface area contributed by atoms with Crippen LogP contribution in [-0.4, -0.2) is 17.6 Å². The molecule has 124 valence electrons. The number of benzene rings is 1. The zero-order valence-corrected chi connectivity index (χ0v) is 14.0. The summed E-state index contributed by atoms with van der Waals surface area (Å²) >= 11 is 0. The van der Waals surface area contributed by atoms with Crippen molar-refractivity contribution < 1.29 is 4.79 Å². The van der Waals surface area contributed by atoms with E-state index in [1.54, 1.807) is 6.07 Å². The quantitative estimate of drug-likeness (QED) is 0.619. The lowest BCUT2D eigenvalue weighted by Crippen LogP contribution is -2.29. The summed E-state index contributed by atoms with van der Waals surface area (Å²) in [6.07, 6.45) is 4.52. The molecule has 0 unspecified atom stereocenters. The van der Waals surface area contributed by atoms with Crippen LogP contribution in [0.5, 0.6) is 0 Å². The van der Waals surface area contributed by atoms with Gasteiger partial charge in [0.25, 0.3) is 0 Å². The molecule has 4 heteroatoms. The number of unbranched alkanes of at least 4 members (excludes halogenated alkanes) is 3. The minimum absolute atomic E-state index is 0.229. The van der Waals surface area contributed by atoms with Crippen molar-refractivity contribution in [2.75, 3.05) is 11.9 Å². The number of hydrogen-bond donors (Lipinski definition) is 2. The molecule has 0 aliphatic rings. The second-order valence-corrected chi connectivity index (χ2v) is 5.47. The number of nitrogens with one attached hydrogen (secondary N) is 2. The van der Waals surface area contributed by atoms with Gasteiger partial charge in [-0.25, -0.2) is 9.78 Å². The van der Waals surface area contributed by atoms with Crippen LogP contribution in [-0.2, 0) is 0 Å². The maximum atomic E-state index is 11.8. The fraction of sp³-hybridized carbons (Fsp3) is 0.300. The average molecular weight is 321 g/mol. The maximum absolute atomic E-state index is 11.8. The van der Waals surface area contributed by atoms with Crippen molar-refractivity contribution in [1.82, 2.24) is 10.3 Å². The van der Waals surface area contributed by atoms with Crippen molar-refractivity contribution in [2.45, 2.75) is 32.6 Å². The molecule has 2 aromatic rings. The lowest BCUT2D eigenvalue weighted by molar-refractivity contribution is 0.252. The third-order valence-electron chi connectivity index (χ3n) is 3.42. The first-order valence-corrected chi connectivity index (χ1v) is 8.37. The summed E-state index contributed by atoms with van der Waals surface area (Å²) < 4.78 is 0. The largest absolute Gasteiger partial charge is 0.338 e. The van der Waals surface area contributed by atoms with Crippen LogP contribution < -0.4 is 10.6 Å². The molecule has 0 radical (unpaired) electrons. The Kier molecular flexibility index (Phi) is 7.36. The van der Waals surface area contributed by atoms with Crippen molar-refractivity contribution >= 4 is 11.8 Å². The summed E-state index contributed by atoms with van der Waals surface area (Å²) in [4.78, 5) is 16.2. The Balaban J connectivity index is 1.86. The van der Waals surface area contributed by atoms with Gasteiger partial charge in [-0.05, 0) is 36.6 Å². The van der Waals surface area contributed by atoms with Gasteiger partial charge in [-0.15, -0.1) is 0 Å². The standard InChI is InChI=1S/C20H23N3O/c1-2-3-4-8-16-21-20(24)23-19-13-9-12-18(22-19)15-14-17-10-6-5-7-11-17/h5-7,9-13H,2-4,8,16H2,1H3,(H2,21,22,23,24). The van der Waals surface area contributed by atoms with Gasteiger partial charge in [0.05, 0.1) is 0 Å². The van der Waals surface area contributed by atoms with Gasteiger partial charge in [0.15, 0.2) is 0 Å². The Morgan fingerprint density at radius 3 is 2.62 bits per heavy atom. The molecule has 2 N–H and O–H groups in total. The molecular formula is C20H23N3O. The third-order valence-corrected chi connectivity index (χ3v) is 3.42. The van der Waals surface area contributed by atoms with Crippen LogP contribution in [0.15, 0.2) is 48.5 Å². The van der Waals surface area contributed by atoms with Gasteiger partial charge in [0.2, 0.25) is 0 Å². The zero-order valence-electron chi connectivity index (χ0n) is 14.0. The van der Waals surface area contributed by atoms with Crippen LogP contribution in [0.1, 0.15) is 43.9 Å². The molecule has 0 saturated carbocycles. The number of anilines is 1. The molecule has 0 aliphatic carbocycles. The number of aromatic nitrogens is 1. The van der Waals surface area contributed by atoms with Gasteiger partial charge < -0.3 is 5.32 Å². The highest BCUT2D eigenvalue weighted by atomic mass is 16.2. The second-order valence-electron chi connectivity index (χ2n) is 5.47. The van der Waals surface area contributed by atoms with E-state index in [0.29, 0.717) is 18.1 Å². The monoisotopic (exact) mass is 321 g/mol. The fourth-order valence-corrected chi connectivity index (χ4v) is 2.15. The summed E-state index contributed by atoms with van der Waals surface area (Å²) in [6, 6.07) is 14.9. The topological polar surface area (TPSA) is 54.0 Å². The van der Waals surface area contributed by atoms with E-state index in [1.165, 1.54) is 12.8 Å². The Morgan fingerprint density at radius 1 is 1.00 bits per heavy atom. The van der Waals surface area contributed by atoms with Gasteiger partial charge in [-0.1, -0.05) is 56.4 Å². The molecule has 4 nitrogen and oxygen atoms in total. The first-order chi connectivity index (χ1) is 11.8. The number of carbonyl (C=O) groups excluding carboxylic acids is 1. The predicted octanol–water partition coefficient (Wildman–Crippen LogP) is 4.18. The summed E-state index contributed by atoms with van der Waals surface area (Å²) in [5.41, 5.74) is 1.56. The minimum atomic E-state index is -0.229. The summed E-state index contributed by atoms with van der Waals surface area (Å²) in [5, 5.41) is 5.58. The van der Waals surface area contributed by atoms with Crippen molar-refractivity contribution in [1.29, 1.82) is 0 Å². The Hall–Kier alpha value is -2.80. The van der Waals surface area contributed by atoms with Crippen molar-refractivity contribution in [3.63, 3.8) is 0 Å². The van der Waals surface area contributed by atoms with E-state index in [2.05, 4.69) is 34.4 Å². The lowest BCUT2D eigenvalue weighted by atomic mass is 10.2. The number of carbonyl (C=O) groups is 1. The summed E-state index contributed by atoms with van der Waals surface area (Å²) in [7, 11) is 0. The van der Waals surface area contributed by atoms with E-state index in [0.717, 1.165) is 18.4 Å². The zero-order chi connectivity index (χ0) is 17.0. The van der Waals surface area contributed by atoms with Crippen molar-refractivity contribution in [3.05, 3.63) is 59.8 Å². The van der Waals surface area contributed by atoms with E-state index < -0.39 is 0 Å². The average Bonchev–Trinajstić information content (AvgIpc) is 2.61. The van der Waals surface area contributed by atoms with Crippen LogP contribution in [0, 0.1) is 11.8 Å². The highest BCUT2D eigenvalue weighted by molar-refractivity contribution is 5.88. The number of rotatable bonds is 6. The van der Waals surface area contributed by atoms with Crippen molar-refractivity contribution in [3.8, 4) is 11.8 Å². The number of urea groups is 1. The molecule has 1 heterocycles. The van der Waals surface area contributed by atoms with E-state index in [9.17, 15) is 4.79 Å². The van der Waals surface area contributed by atoms with E-state index in [1.807, 2.05) is 42.5 Å². The second kappa shape index (κ2) is 10.1. The van der Waals surface area contributed by atoms with Gasteiger partial charge >= 0.3 is 6.03 Å². The van der Waals surface area contributed by atoms with Crippen LogP contribution in [0.3, 0.4) is 0 Å². The number of amides is 2. The van der Waals surface area contributed by atoms with E-state index >= 15 is 0 Å². The molecular weight excluding hydrogens is 298 g/mol. The minimum Gasteiger partial charge on any atom is -0.338 e. The van der Waals surface area contributed by atoms with E-state index in [4.69, 9.17) is 0 Å². The Morgan fingerprint density at radius 2 is 1.83 bits per heavy atom. The summed E-state index contributed by atoms with van der Waals surface area (Å²) in [5.74, 6) is 6.56. The van der Waals surface area contributed by atoms with Crippen LogP contribution in [0.4, 0.5) is 10.6 Å². The molecule has 2 amide bonds. The number of hydrogen-bond acceptors (Lipinski definition) is 2. The molecule has 0 atom stereocenters. The number of nitrogens with zero attached hydrogens (tertiary/aromatic N) is 1. The first-order valence-electron chi connectivity index (χ1n) is 8.37. The highest BCUT2D eigenvalue weighted by Gasteiger charge is 2.02. The Labute approximate surface area is 143 Å². The predicted molar refractivity (Wildman–Crippen MR) is 97.8 cm³/mol. The molecule has 0 fully saturated rings. The fourth-order valence-electron chi connectivity index (χ4n) is 2.15. The van der Waals surface area contributed by atoms with Gasteiger partial charge in [0.1, 0.15) is 11.5 Å². The smallest absolute Gasteiger partial charge is 0.320 e. The molecule has 0 spiro atoms. The van der Waals surface area contributed by atoms with Gasteiger partial charge in [-0.3, -0.25) is 5.32 Å². The normalized spacial score (nSPS) is 9.71. The lowest BCUT2D eigenvalue weighted by Gasteiger charge is -2.07. The Bertz CT molecular complexity index is 702. The van der Waals surface area contributed by atoms with Crippen LogP contribution in [0.25, 0.3) is 0 Å². The molecule has 1 aromatic carbocycles. The van der Waals surface area contributed by atoms with Crippen LogP contribution in [0.2, 0.25) is 0 Å². The molecule has 0 aliphatic heterocycles. The van der Waals surface area contributed by atoms with Gasteiger partial charge in [-0.2, -0.15) is 0 Å². The first kappa shape index (κ1) is 17.6. The molecule has 0 saturated heterocycles. The molecule has 2 rings (SSSR count). The van der Waals surface area contributed by atoms with E-state index in [-0.39, 0.29) is 6.03 Å². The third kappa shape index (κ3) is 6.53. The molecule has 1 aromatic heterocycles.